The Morgan fingerprint density at radius 1 is 1.27 bits per heavy atom. The lowest BCUT2D eigenvalue weighted by molar-refractivity contribution is -0.145. The largest absolute Gasteiger partial charge is 0.427 e. The maximum absolute atomic E-state index is 13.2. The minimum atomic E-state index is -0.908. The number of β-amino-alcohol motifs (C(OH)–C–C–N with tert-alkyl or cyclic N) is 1. The monoisotopic (exact) mass is 586 g/mol. The number of esters is 1. The average Bonchev–Trinajstić information content (AvgIpc) is 3.58. The second kappa shape index (κ2) is 10.6. The van der Waals surface area contributed by atoms with E-state index in [0.29, 0.717) is 25.1 Å². The Balaban J connectivity index is 1.41. The first-order valence-corrected chi connectivity index (χ1v) is 14.8. The summed E-state index contributed by atoms with van der Waals surface area (Å²) in [6.07, 6.45) is 8.93. The van der Waals surface area contributed by atoms with Crippen LogP contribution in [0.25, 0.3) is 6.08 Å². The second-order valence-corrected chi connectivity index (χ2v) is 12.9. The summed E-state index contributed by atoms with van der Waals surface area (Å²) >= 11 is 5.05. The number of amides is 1. The van der Waals surface area contributed by atoms with Gasteiger partial charge < -0.3 is 19.6 Å². The van der Waals surface area contributed by atoms with Crippen molar-refractivity contribution < 1.29 is 19.4 Å². The smallest absolute Gasteiger partial charge is 0.308 e. The fourth-order valence-corrected chi connectivity index (χ4v) is 7.61. The quantitative estimate of drug-likeness (QED) is 0.273. The molecule has 2 heterocycles. The summed E-state index contributed by atoms with van der Waals surface area (Å²) < 4.78 is 6.43. The van der Waals surface area contributed by atoms with Crippen molar-refractivity contribution in [3.8, 4) is 5.75 Å². The zero-order valence-electron chi connectivity index (χ0n) is 21.5. The fraction of sp³-hybridized carbons (Fsp3) is 0.517. The first kappa shape index (κ1) is 26.6. The van der Waals surface area contributed by atoms with Crippen LogP contribution in [0.2, 0.25) is 0 Å². The standard InChI is InChI=1S/C29H35BrN2O4S/c1-20(33)36-25-5-3-4-22(14-25)28-12-13-32(17-21-6-7-21)19-29(28,35)11-10-24(16-28)31(2)27(34)9-8-26-15-23(30)18-37-26/h3-5,8-9,14-15,18,21,24,35H,6-7,10-13,16-17,19H2,1-2H3/b9-8+/t24-,28+,29+/m1/s1. The van der Waals surface area contributed by atoms with E-state index in [1.165, 1.54) is 19.8 Å². The van der Waals surface area contributed by atoms with E-state index in [2.05, 4.69) is 20.8 Å². The highest BCUT2D eigenvalue weighted by Gasteiger charge is 2.58. The second-order valence-electron chi connectivity index (χ2n) is 11.0. The molecular weight excluding hydrogens is 552 g/mol. The molecule has 3 fully saturated rings. The van der Waals surface area contributed by atoms with Crippen LogP contribution in [0.5, 0.6) is 5.75 Å². The van der Waals surface area contributed by atoms with Gasteiger partial charge in [0.2, 0.25) is 5.91 Å². The molecule has 2 aliphatic carbocycles. The number of thiophene rings is 1. The van der Waals surface area contributed by atoms with Gasteiger partial charge in [-0.25, -0.2) is 0 Å². The summed E-state index contributed by atoms with van der Waals surface area (Å²) in [6.45, 7) is 4.00. The van der Waals surface area contributed by atoms with Crippen LogP contribution in [0, 0.1) is 5.92 Å². The average molecular weight is 588 g/mol. The summed E-state index contributed by atoms with van der Waals surface area (Å²) in [4.78, 5) is 30.1. The maximum atomic E-state index is 13.2. The predicted octanol–water partition coefficient (Wildman–Crippen LogP) is 5.24. The third-order valence-electron chi connectivity index (χ3n) is 8.44. The van der Waals surface area contributed by atoms with Gasteiger partial charge in [0.1, 0.15) is 5.75 Å². The van der Waals surface area contributed by atoms with Crippen molar-refractivity contribution in [2.45, 2.75) is 62.5 Å². The Bertz CT molecular complexity index is 1190. The first-order valence-electron chi connectivity index (χ1n) is 13.1. The number of carbonyl (C=O) groups is 2. The summed E-state index contributed by atoms with van der Waals surface area (Å²) in [5.74, 6) is 0.869. The number of benzene rings is 1. The zero-order chi connectivity index (χ0) is 26.2. The molecule has 37 heavy (non-hydrogen) atoms. The van der Waals surface area contributed by atoms with Gasteiger partial charge in [-0.05, 0) is 96.8 Å². The predicted molar refractivity (Wildman–Crippen MR) is 150 cm³/mol. The first-order chi connectivity index (χ1) is 17.7. The van der Waals surface area contributed by atoms with Gasteiger partial charge in [0, 0.05) is 59.3 Å². The van der Waals surface area contributed by atoms with Gasteiger partial charge in [0.25, 0.3) is 0 Å². The van der Waals surface area contributed by atoms with Crippen LogP contribution < -0.4 is 4.74 Å². The van der Waals surface area contributed by atoms with Crippen LogP contribution in [0.3, 0.4) is 0 Å². The van der Waals surface area contributed by atoms with Crippen molar-refractivity contribution in [1.82, 2.24) is 9.80 Å². The topological polar surface area (TPSA) is 70.1 Å². The normalized spacial score (nSPS) is 28.2. The zero-order valence-corrected chi connectivity index (χ0v) is 23.9. The van der Waals surface area contributed by atoms with E-state index in [-0.39, 0.29) is 17.9 Å². The van der Waals surface area contributed by atoms with Gasteiger partial charge in [-0.15, -0.1) is 11.3 Å². The molecule has 1 aliphatic heterocycles. The van der Waals surface area contributed by atoms with Gasteiger partial charge in [-0.2, -0.15) is 0 Å². The molecule has 5 rings (SSSR count). The van der Waals surface area contributed by atoms with Gasteiger partial charge in [-0.1, -0.05) is 12.1 Å². The highest BCUT2D eigenvalue weighted by atomic mass is 79.9. The number of rotatable bonds is 7. The van der Waals surface area contributed by atoms with Gasteiger partial charge >= 0.3 is 5.97 Å². The van der Waals surface area contributed by atoms with Gasteiger partial charge in [-0.3, -0.25) is 9.59 Å². The number of likely N-dealkylation sites (tertiary alicyclic amines) is 1. The SMILES string of the molecule is CC(=O)Oc1cccc([C@@]23CCN(CC4CC4)C[C@@]2(O)CC[C@@H](N(C)C(=O)/C=C/c2cc(Br)cs2)C3)c1. The van der Waals surface area contributed by atoms with Crippen LogP contribution in [-0.2, 0) is 15.0 Å². The number of likely N-dealkylation sites (N-methyl/N-ethyl adjacent to an activating group) is 1. The van der Waals surface area contributed by atoms with Crippen molar-refractivity contribution in [2.75, 3.05) is 26.7 Å². The number of piperidine rings is 1. The minimum absolute atomic E-state index is 0.000129. The molecule has 1 N–H and O–H groups in total. The van der Waals surface area contributed by atoms with E-state index in [9.17, 15) is 14.7 Å². The minimum Gasteiger partial charge on any atom is -0.427 e. The third kappa shape index (κ3) is 5.72. The molecule has 0 radical (unpaired) electrons. The number of aliphatic hydroxyl groups is 1. The Kier molecular flexibility index (Phi) is 7.65. The van der Waals surface area contributed by atoms with E-state index >= 15 is 0 Å². The van der Waals surface area contributed by atoms with Crippen molar-refractivity contribution >= 4 is 45.2 Å². The number of hydrogen-bond donors (Lipinski definition) is 1. The van der Waals surface area contributed by atoms with Crippen molar-refractivity contribution in [3.05, 3.63) is 56.7 Å². The van der Waals surface area contributed by atoms with Crippen LogP contribution in [-0.4, -0.2) is 65.1 Å². The number of halogens is 1. The molecule has 1 amide bonds. The molecule has 2 aromatic rings. The van der Waals surface area contributed by atoms with E-state index < -0.39 is 11.0 Å². The van der Waals surface area contributed by atoms with Crippen molar-refractivity contribution in [1.29, 1.82) is 0 Å². The third-order valence-corrected chi connectivity index (χ3v) is 10.1. The number of fused-ring (bicyclic) bond motifs is 1. The van der Waals surface area contributed by atoms with E-state index in [4.69, 9.17) is 4.74 Å². The van der Waals surface area contributed by atoms with Crippen molar-refractivity contribution in [3.63, 3.8) is 0 Å². The lowest BCUT2D eigenvalue weighted by Gasteiger charge is -2.59. The Morgan fingerprint density at radius 2 is 2.08 bits per heavy atom. The molecule has 6 nitrogen and oxygen atoms in total. The molecule has 3 aliphatic rings. The molecule has 1 saturated heterocycles. The number of carbonyl (C=O) groups excluding carboxylic acids is 2. The molecule has 8 heteroatoms. The number of hydrogen-bond acceptors (Lipinski definition) is 6. The van der Waals surface area contributed by atoms with Gasteiger partial charge in [0.15, 0.2) is 0 Å². The molecule has 198 valence electrons. The molecule has 0 unspecified atom stereocenters. The summed E-state index contributed by atoms with van der Waals surface area (Å²) in [7, 11) is 1.87. The summed E-state index contributed by atoms with van der Waals surface area (Å²) in [5.41, 5.74) is -0.443. The Labute approximate surface area is 231 Å². The molecule has 1 aromatic heterocycles. The van der Waals surface area contributed by atoms with Crippen molar-refractivity contribution in [2.24, 2.45) is 5.92 Å². The molecule has 0 spiro atoms. The number of nitrogens with zero attached hydrogens (tertiary/aromatic N) is 2. The molecule has 2 saturated carbocycles. The van der Waals surface area contributed by atoms with Crippen LogP contribution in [0.4, 0.5) is 0 Å². The maximum Gasteiger partial charge on any atom is 0.308 e. The molecule has 3 atom stereocenters. The lowest BCUT2D eigenvalue weighted by Crippen LogP contribution is -2.67. The highest BCUT2D eigenvalue weighted by molar-refractivity contribution is 9.10. The highest BCUT2D eigenvalue weighted by Crippen LogP contribution is 2.53. The number of ether oxygens (including phenoxy) is 1. The van der Waals surface area contributed by atoms with Gasteiger partial charge in [0.05, 0.1) is 5.60 Å². The van der Waals surface area contributed by atoms with Crippen LogP contribution in [0.1, 0.15) is 55.9 Å². The molecular formula is C29H35BrN2O4S. The lowest BCUT2D eigenvalue weighted by atomic mass is 9.55. The fourth-order valence-electron chi connectivity index (χ4n) is 6.27. The van der Waals surface area contributed by atoms with E-state index in [1.807, 2.05) is 47.7 Å². The summed E-state index contributed by atoms with van der Waals surface area (Å²) in [5, 5.41) is 14.3. The Morgan fingerprint density at radius 3 is 2.78 bits per heavy atom. The van der Waals surface area contributed by atoms with E-state index in [0.717, 1.165) is 46.8 Å². The molecule has 0 bridgehead atoms. The Hall–Kier alpha value is -2.00. The van der Waals surface area contributed by atoms with E-state index in [1.54, 1.807) is 23.5 Å². The van der Waals surface area contributed by atoms with Crippen LogP contribution >= 0.6 is 27.3 Å². The molecule has 1 aromatic carbocycles. The van der Waals surface area contributed by atoms with Crippen LogP contribution in [0.15, 0.2) is 46.3 Å². The summed E-state index contributed by atoms with van der Waals surface area (Å²) in [6, 6.07) is 9.65.